The highest BCUT2D eigenvalue weighted by Gasteiger charge is 2.05. The third-order valence-electron chi connectivity index (χ3n) is 1.79. The quantitative estimate of drug-likeness (QED) is 0.587. The van der Waals surface area contributed by atoms with E-state index < -0.39 is 11.9 Å². The zero-order chi connectivity index (χ0) is 11.3. The van der Waals surface area contributed by atoms with Crippen molar-refractivity contribution in [2.75, 3.05) is 0 Å². The predicted octanol–water partition coefficient (Wildman–Crippen LogP) is 2.36. The summed E-state index contributed by atoms with van der Waals surface area (Å²) in [5.41, 5.74) is 0.986. The molecule has 0 aliphatic rings. The summed E-state index contributed by atoms with van der Waals surface area (Å²) in [5, 5.41) is 0.657. The molecular formula is C11H11ClO3. The van der Waals surface area contributed by atoms with Crippen molar-refractivity contribution in [3.63, 3.8) is 0 Å². The van der Waals surface area contributed by atoms with Gasteiger partial charge in [-0.2, -0.15) is 0 Å². The molecule has 0 aromatic heterocycles. The number of benzene rings is 1. The number of hydrogen-bond acceptors (Lipinski definition) is 3. The molecule has 0 unspecified atom stereocenters. The van der Waals surface area contributed by atoms with Gasteiger partial charge in [0.15, 0.2) is 0 Å². The first-order valence-corrected chi connectivity index (χ1v) is 4.91. The standard InChI is InChI=1S/C11H11ClO3/c1-8(13)15-11(14)7-4-9-2-5-10(12)6-3-9/h2-3,5-6H,4,7H2,1H3. The van der Waals surface area contributed by atoms with Crippen molar-refractivity contribution in [1.82, 2.24) is 0 Å². The van der Waals surface area contributed by atoms with E-state index >= 15 is 0 Å². The van der Waals surface area contributed by atoms with Crippen LogP contribution in [0.25, 0.3) is 0 Å². The molecule has 0 atom stereocenters. The number of esters is 2. The minimum Gasteiger partial charge on any atom is -0.393 e. The number of rotatable bonds is 3. The monoisotopic (exact) mass is 226 g/mol. The molecule has 1 aromatic carbocycles. The fourth-order valence-corrected chi connectivity index (χ4v) is 1.23. The maximum absolute atomic E-state index is 11.0. The van der Waals surface area contributed by atoms with Crippen LogP contribution in [-0.4, -0.2) is 11.9 Å². The molecule has 80 valence electrons. The van der Waals surface area contributed by atoms with Crippen LogP contribution in [0.4, 0.5) is 0 Å². The lowest BCUT2D eigenvalue weighted by Crippen LogP contribution is -2.09. The van der Waals surface area contributed by atoms with Gasteiger partial charge >= 0.3 is 11.9 Å². The first-order chi connectivity index (χ1) is 7.08. The van der Waals surface area contributed by atoms with E-state index in [9.17, 15) is 9.59 Å². The normalized spacial score (nSPS) is 9.73. The Morgan fingerprint density at radius 3 is 2.40 bits per heavy atom. The van der Waals surface area contributed by atoms with E-state index in [1.165, 1.54) is 6.92 Å². The molecule has 3 nitrogen and oxygen atoms in total. The maximum Gasteiger partial charge on any atom is 0.313 e. The minimum atomic E-state index is -0.573. The van der Waals surface area contributed by atoms with Gasteiger partial charge < -0.3 is 4.74 Å². The van der Waals surface area contributed by atoms with Crippen molar-refractivity contribution < 1.29 is 14.3 Å². The van der Waals surface area contributed by atoms with Gasteiger partial charge in [0.25, 0.3) is 0 Å². The summed E-state index contributed by atoms with van der Waals surface area (Å²) in [4.78, 5) is 21.5. The summed E-state index contributed by atoms with van der Waals surface area (Å²) >= 11 is 5.71. The Hall–Kier alpha value is -1.35. The lowest BCUT2D eigenvalue weighted by atomic mass is 10.1. The molecule has 0 N–H and O–H groups in total. The third-order valence-corrected chi connectivity index (χ3v) is 2.04. The minimum absolute atomic E-state index is 0.196. The van der Waals surface area contributed by atoms with Crippen LogP contribution in [0.2, 0.25) is 5.02 Å². The lowest BCUT2D eigenvalue weighted by molar-refractivity contribution is -0.157. The van der Waals surface area contributed by atoms with Crippen molar-refractivity contribution in [3.8, 4) is 0 Å². The van der Waals surface area contributed by atoms with E-state index in [2.05, 4.69) is 4.74 Å². The fraction of sp³-hybridized carbons (Fsp3) is 0.273. The molecule has 0 aliphatic heterocycles. The Labute approximate surface area is 93.0 Å². The van der Waals surface area contributed by atoms with Gasteiger partial charge in [-0.15, -0.1) is 0 Å². The first-order valence-electron chi connectivity index (χ1n) is 4.53. The number of hydrogen-bond donors (Lipinski definition) is 0. The van der Waals surface area contributed by atoms with Crippen molar-refractivity contribution in [1.29, 1.82) is 0 Å². The Bertz CT molecular complexity index is 357. The molecule has 0 fully saturated rings. The van der Waals surface area contributed by atoms with Gasteiger partial charge in [-0.05, 0) is 24.1 Å². The van der Waals surface area contributed by atoms with Crippen LogP contribution in [0, 0.1) is 0 Å². The molecule has 0 spiro atoms. The SMILES string of the molecule is CC(=O)OC(=O)CCc1ccc(Cl)cc1. The number of carbonyl (C=O) groups is 2. The lowest BCUT2D eigenvalue weighted by Gasteiger charge is -2.01. The third kappa shape index (κ3) is 4.61. The molecule has 0 saturated heterocycles. The van der Waals surface area contributed by atoms with Crippen LogP contribution in [0.3, 0.4) is 0 Å². The van der Waals surface area contributed by atoms with Gasteiger partial charge in [-0.3, -0.25) is 9.59 Å². The molecule has 0 heterocycles. The van der Waals surface area contributed by atoms with E-state index in [0.717, 1.165) is 5.56 Å². The highest BCUT2D eigenvalue weighted by molar-refractivity contribution is 6.30. The molecule has 1 aromatic rings. The van der Waals surface area contributed by atoms with E-state index in [1.54, 1.807) is 12.1 Å². The molecule has 0 bridgehead atoms. The molecule has 15 heavy (non-hydrogen) atoms. The van der Waals surface area contributed by atoms with Gasteiger partial charge in [-0.25, -0.2) is 0 Å². The molecule has 1 rings (SSSR count). The summed E-state index contributed by atoms with van der Waals surface area (Å²) in [7, 11) is 0. The molecular weight excluding hydrogens is 216 g/mol. The van der Waals surface area contributed by atoms with Crippen LogP contribution < -0.4 is 0 Å². The van der Waals surface area contributed by atoms with E-state index in [0.29, 0.717) is 11.4 Å². The second-order valence-electron chi connectivity index (χ2n) is 3.09. The van der Waals surface area contributed by atoms with Gasteiger partial charge in [0.05, 0.1) is 6.42 Å². The highest BCUT2D eigenvalue weighted by Crippen LogP contribution is 2.11. The van der Waals surface area contributed by atoms with E-state index in [4.69, 9.17) is 11.6 Å². The molecule has 0 aliphatic carbocycles. The summed E-state index contributed by atoms with van der Waals surface area (Å²) in [5.74, 6) is -1.08. The van der Waals surface area contributed by atoms with Crippen LogP contribution in [0.15, 0.2) is 24.3 Å². The van der Waals surface area contributed by atoms with Gasteiger partial charge in [0.1, 0.15) is 0 Å². The summed E-state index contributed by atoms with van der Waals surface area (Å²) in [6.45, 7) is 1.21. The molecule has 0 saturated carbocycles. The predicted molar refractivity (Wildman–Crippen MR) is 56.5 cm³/mol. The van der Waals surface area contributed by atoms with Crippen molar-refractivity contribution in [2.24, 2.45) is 0 Å². The smallest absolute Gasteiger partial charge is 0.313 e. The topological polar surface area (TPSA) is 43.4 Å². The second kappa shape index (κ2) is 5.51. The van der Waals surface area contributed by atoms with Gasteiger partial charge in [-0.1, -0.05) is 23.7 Å². The maximum atomic E-state index is 11.0. The number of carbonyl (C=O) groups excluding carboxylic acids is 2. The molecule has 0 radical (unpaired) electrons. The summed E-state index contributed by atoms with van der Waals surface area (Å²) in [6, 6.07) is 7.19. The van der Waals surface area contributed by atoms with Crippen molar-refractivity contribution >= 4 is 23.5 Å². The average Bonchev–Trinajstić information content (AvgIpc) is 2.16. The second-order valence-corrected chi connectivity index (χ2v) is 3.53. The van der Waals surface area contributed by atoms with E-state index in [1.807, 2.05) is 12.1 Å². The number of halogens is 1. The van der Waals surface area contributed by atoms with Crippen LogP contribution in [0.1, 0.15) is 18.9 Å². The first kappa shape index (κ1) is 11.7. The number of aryl methyl sites for hydroxylation is 1. The summed E-state index contributed by atoms with van der Waals surface area (Å²) < 4.78 is 4.39. The number of ether oxygens (including phenoxy) is 1. The van der Waals surface area contributed by atoms with E-state index in [-0.39, 0.29) is 6.42 Å². The fourth-order valence-electron chi connectivity index (χ4n) is 1.11. The van der Waals surface area contributed by atoms with Crippen molar-refractivity contribution in [3.05, 3.63) is 34.9 Å². The molecule has 0 amide bonds. The van der Waals surface area contributed by atoms with Crippen LogP contribution in [0.5, 0.6) is 0 Å². The summed E-state index contributed by atoms with van der Waals surface area (Å²) in [6.07, 6.45) is 0.741. The van der Waals surface area contributed by atoms with Crippen LogP contribution in [-0.2, 0) is 20.7 Å². The Kier molecular flexibility index (Phi) is 4.31. The average molecular weight is 227 g/mol. The zero-order valence-electron chi connectivity index (χ0n) is 8.33. The Morgan fingerprint density at radius 2 is 1.87 bits per heavy atom. The zero-order valence-corrected chi connectivity index (χ0v) is 9.08. The Morgan fingerprint density at radius 1 is 1.27 bits per heavy atom. The Balaban J connectivity index is 2.40. The van der Waals surface area contributed by atoms with Gasteiger partial charge in [0.2, 0.25) is 0 Å². The molecule has 4 heteroatoms. The van der Waals surface area contributed by atoms with Gasteiger partial charge in [0, 0.05) is 11.9 Å². The van der Waals surface area contributed by atoms with Crippen LogP contribution >= 0.6 is 11.6 Å². The highest BCUT2D eigenvalue weighted by atomic mass is 35.5. The largest absolute Gasteiger partial charge is 0.393 e. The van der Waals surface area contributed by atoms with Crippen molar-refractivity contribution in [2.45, 2.75) is 19.8 Å².